The summed E-state index contributed by atoms with van der Waals surface area (Å²) in [5.74, 6) is -4.22. The Bertz CT molecular complexity index is 1090. The molecule has 1 fully saturated rings. The Hall–Kier alpha value is -3.34. The number of nitrogens with one attached hydrogen (secondary N) is 2. The number of carbonyl (C=O) groups excluding carboxylic acids is 4. The number of thiophene rings is 1. The highest BCUT2D eigenvalue weighted by atomic mass is 32.1. The third-order valence-corrected chi connectivity index (χ3v) is 5.85. The summed E-state index contributed by atoms with van der Waals surface area (Å²) < 4.78 is 31.8. The van der Waals surface area contributed by atoms with Crippen LogP contribution in [-0.4, -0.2) is 41.9 Å². The van der Waals surface area contributed by atoms with Crippen LogP contribution in [0.2, 0.25) is 0 Å². The first-order valence-electron chi connectivity index (χ1n) is 9.23. The number of rotatable bonds is 6. The first kappa shape index (κ1) is 22.3. The highest BCUT2D eigenvalue weighted by molar-refractivity contribution is 7.18. The monoisotopic (exact) mass is 451 g/mol. The lowest BCUT2D eigenvalue weighted by Gasteiger charge is -2.22. The molecule has 1 aromatic heterocycles. The first-order valence-corrected chi connectivity index (χ1v) is 10.1. The number of carbonyl (C=O) groups is 4. The molecule has 1 atom stereocenters. The Kier molecular flexibility index (Phi) is 6.07. The summed E-state index contributed by atoms with van der Waals surface area (Å²) in [7, 11) is 0. The number of urea groups is 1. The van der Waals surface area contributed by atoms with Crippen molar-refractivity contribution in [2.24, 2.45) is 0 Å². The molecule has 0 radical (unpaired) electrons. The summed E-state index contributed by atoms with van der Waals surface area (Å²) >= 11 is 1.01. The zero-order valence-corrected chi connectivity index (χ0v) is 17.7. The number of hydrogen-bond donors (Lipinski definition) is 2. The second-order valence-electron chi connectivity index (χ2n) is 6.97. The molecular formula is C20H19F2N3O5S. The molecule has 4 amide bonds. The number of nitrogens with zero attached hydrogens (tertiary/aromatic N) is 1. The molecule has 1 saturated heterocycles. The molecule has 2 heterocycles. The largest absolute Gasteiger partial charge is 0.462 e. The van der Waals surface area contributed by atoms with Crippen molar-refractivity contribution in [2.75, 3.05) is 18.5 Å². The molecule has 0 aliphatic carbocycles. The van der Waals surface area contributed by atoms with E-state index in [4.69, 9.17) is 4.74 Å². The summed E-state index contributed by atoms with van der Waals surface area (Å²) in [6.07, 6.45) is 0. The molecule has 8 nitrogen and oxygen atoms in total. The molecule has 11 heteroatoms. The fourth-order valence-electron chi connectivity index (χ4n) is 3.11. The zero-order chi connectivity index (χ0) is 22.9. The molecule has 0 spiro atoms. The minimum absolute atomic E-state index is 0.0422. The quantitative estimate of drug-likeness (QED) is 0.519. The Morgan fingerprint density at radius 1 is 1.23 bits per heavy atom. The second-order valence-corrected chi connectivity index (χ2v) is 8.02. The lowest BCUT2D eigenvalue weighted by Crippen LogP contribution is -2.42. The number of imide groups is 1. The number of benzene rings is 1. The van der Waals surface area contributed by atoms with Crippen LogP contribution in [0.25, 0.3) is 0 Å². The van der Waals surface area contributed by atoms with Crippen LogP contribution in [0.5, 0.6) is 0 Å². The average molecular weight is 451 g/mol. The van der Waals surface area contributed by atoms with E-state index in [1.165, 1.54) is 13.0 Å². The van der Waals surface area contributed by atoms with Gasteiger partial charge in [-0.05, 0) is 50.1 Å². The summed E-state index contributed by atoms with van der Waals surface area (Å²) in [6, 6.07) is 3.59. The summed E-state index contributed by atoms with van der Waals surface area (Å²) in [5.41, 5.74) is -0.997. The minimum atomic E-state index is -1.65. The molecule has 3 rings (SSSR count). The number of esters is 1. The molecule has 164 valence electrons. The fraction of sp³-hybridized carbons (Fsp3) is 0.300. The number of anilines is 1. The second kappa shape index (κ2) is 8.42. The SMILES string of the molecule is CCOC(=O)c1sc(NC(=O)CN2C(=O)NC(C)(c3ccc(F)c(F)c3)C2=O)cc1C. The number of amides is 4. The molecule has 0 saturated carbocycles. The van der Waals surface area contributed by atoms with Crippen LogP contribution >= 0.6 is 11.3 Å². The maximum atomic E-state index is 13.6. The van der Waals surface area contributed by atoms with E-state index in [0.717, 1.165) is 23.5 Å². The van der Waals surface area contributed by atoms with Crippen molar-refractivity contribution in [3.63, 3.8) is 0 Å². The van der Waals surface area contributed by atoms with Crippen LogP contribution in [0.15, 0.2) is 24.3 Å². The minimum Gasteiger partial charge on any atom is -0.462 e. The third-order valence-electron chi connectivity index (χ3n) is 4.71. The van der Waals surface area contributed by atoms with Crippen molar-refractivity contribution >= 4 is 40.2 Å². The molecular weight excluding hydrogens is 432 g/mol. The maximum absolute atomic E-state index is 13.6. The van der Waals surface area contributed by atoms with Gasteiger partial charge in [0.1, 0.15) is 17.0 Å². The van der Waals surface area contributed by atoms with E-state index in [2.05, 4.69) is 10.6 Å². The average Bonchev–Trinajstić information content (AvgIpc) is 3.16. The normalized spacial score (nSPS) is 18.2. The first-order chi connectivity index (χ1) is 14.6. The van der Waals surface area contributed by atoms with E-state index < -0.39 is 47.5 Å². The molecule has 2 aromatic rings. The van der Waals surface area contributed by atoms with Crippen LogP contribution in [0.3, 0.4) is 0 Å². The van der Waals surface area contributed by atoms with Crippen LogP contribution in [-0.2, 0) is 19.9 Å². The number of hydrogen-bond acceptors (Lipinski definition) is 6. The van der Waals surface area contributed by atoms with E-state index in [0.29, 0.717) is 20.3 Å². The van der Waals surface area contributed by atoms with Crippen molar-refractivity contribution < 1.29 is 32.7 Å². The summed E-state index contributed by atoms with van der Waals surface area (Å²) in [5, 5.41) is 5.30. The Morgan fingerprint density at radius 3 is 2.58 bits per heavy atom. The lowest BCUT2D eigenvalue weighted by molar-refractivity contribution is -0.133. The van der Waals surface area contributed by atoms with Crippen molar-refractivity contribution in [3.8, 4) is 0 Å². The van der Waals surface area contributed by atoms with Crippen LogP contribution in [0.1, 0.15) is 34.6 Å². The smallest absolute Gasteiger partial charge is 0.348 e. The van der Waals surface area contributed by atoms with Crippen LogP contribution < -0.4 is 10.6 Å². The highest BCUT2D eigenvalue weighted by Gasteiger charge is 2.49. The van der Waals surface area contributed by atoms with E-state index >= 15 is 0 Å². The van der Waals surface area contributed by atoms with Gasteiger partial charge in [0.15, 0.2) is 11.6 Å². The van der Waals surface area contributed by atoms with E-state index in [1.807, 2.05) is 0 Å². The summed E-state index contributed by atoms with van der Waals surface area (Å²) in [6.45, 7) is 4.31. The zero-order valence-electron chi connectivity index (χ0n) is 16.9. The van der Waals surface area contributed by atoms with Gasteiger partial charge in [-0.25, -0.2) is 18.4 Å². The predicted octanol–water partition coefficient (Wildman–Crippen LogP) is 2.92. The van der Waals surface area contributed by atoms with Gasteiger partial charge in [0.05, 0.1) is 11.6 Å². The standard InChI is InChI=1S/C20H19F2N3O5S/c1-4-30-17(27)16-10(2)7-15(31-16)23-14(26)9-25-18(28)20(3,24-19(25)29)11-5-6-12(21)13(22)8-11/h5-8H,4,9H2,1-3H3,(H,23,26)(H,24,29). The summed E-state index contributed by atoms with van der Waals surface area (Å²) in [4.78, 5) is 50.5. The molecule has 1 aliphatic rings. The van der Waals surface area contributed by atoms with Gasteiger partial charge in [0, 0.05) is 0 Å². The van der Waals surface area contributed by atoms with Crippen LogP contribution in [0, 0.1) is 18.6 Å². The molecule has 0 bridgehead atoms. The molecule has 1 aromatic carbocycles. The highest BCUT2D eigenvalue weighted by Crippen LogP contribution is 2.30. The fourth-order valence-corrected chi connectivity index (χ4v) is 4.09. The maximum Gasteiger partial charge on any atom is 0.348 e. The molecule has 31 heavy (non-hydrogen) atoms. The van der Waals surface area contributed by atoms with E-state index in [-0.39, 0.29) is 12.2 Å². The Labute approximate surface area is 180 Å². The van der Waals surface area contributed by atoms with Gasteiger partial charge in [-0.3, -0.25) is 14.5 Å². The van der Waals surface area contributed by atoms with Crippen LogP contribution in [0.4, 0.5) is 18.6 Å². The molecule has 1 aliphatic heterocycles. The third kappa shape index (κ3) is 4.26. The van der Waals surface area contributed by atoms with Gasteiger partial charge >= 0.3 is 12.0 Å². The lowest BCUT2D eigenvalue weighted by atomic mass is 9.92. The van der Waals surface area contributed by atoms with Crippen molar-refractivity contribution in [2.45, 2.75) is 26.3 Å². The number of aryl methyl sites for hydroxylation is 1. The van der Waals surface area contributed by atoms with Gasteiger partial charge in [-0.15, -0.1) is 11.3 Å². The molecule has 2 N–H and O–H groups in total. The van der Waals surface area contributed by atoms with Gasteiger partial charge in [-0.1, -0.05) is 6.07 Å². The van der Waals surface area contributed by atoms with Gasteiger partial charge in [0.2, 0.25) is 5.91 Å². The van der Waals surface area contributed by atoms with Gasteiger partial charge in [-0.2, -0.15) is 0 Å². The van der Waals surface area contributed by atoms with Crippen molar-refractivity contribution in [1.29, 1.82) is 0 Å². The van der Waals surface area contributed by atoms with E-state index in [9.17, 15) is 28.0 Å². The van der Waals surface area contributed by atoms with Gasteiger partial charge < -0.3 is 15.4 Å². The van der Waals surface area contributed by atoms with Gasteiger partial charge in [0.25, 0.3) is 5.91 Å². The van der Waals surface area contributed by atoms with E-state index in [1.54, 1.807) is 19.9 Å². The molecule has 1 unspecified atom stereocenters. The Morgan fingerprint density at radius 2 is 1.94 bits per heavy atom. The number of halogens is 2. The Balaban J connectivity index is 1.73. The predicted molar refractivity (Wildman–Crippen MR) is 108 cm³/mol. The van der Waals surface area contributed by atoms with Crippen molar-refractivity contribution in [1.82, 2.24) is 10.2 Å². The topological polar surface area (TPSA) is 105 Å². The van der Waals surface area contributed by atoms with Crippen molar-refractivity contribution in [3.05, 3.63) is 51.9 Å². The number of ether oxygens (including phenoxy) is 1.